The van der Waals surface area contributed by atoms with Crippen molar-refractivity contribution in [2.24, 2.45) is 0 Å². The summed E-state index contributed by atoms with van der Waals surface area (Å²) in [7, 11) is 0. The molecule has 2 aromatic rings. The van der Waals surface area contributed by atoms with Crippen LogP contribution >= 0.6 is 0 Å². The van der Waals surface area contributed by atoms with E-state index in [-0.39, 0.29) is 11.5 Å². The first kappa shape index (κ1) is 15.5. The molecule has 120 valence electrons. The van der Waals surface area contributed by atoms with E-state index in [1.807, 2.05) is 17.0 Å². The lowest BCUT2D eigenvalue weighted by Crippen LogP contribution is -2.34. The molecule has 4 nitrogen and oxygen atoms in total. The van der Waals surface area contributed by atoms with Gasteiger partial charge >= 0.3 is 0 Å². The van der Waals surface area contributed by atoms with Crippen molar-refractivity contribution in [2.75, 3.05) is 0 Å². The molecule has 1 amide bonds. The second-order valence-corrected chi connectivity index (χ2v) is 6.22. The van der Waals surface area contributed by atoms with E-state index in [1.165, 1.54) is 17.2 Å². The molecule has 1 aromatic carbocycles. The highest BCUT2D eigenvalue weighted by Crippen LogP contribution is 2.29. The molecule has 1 aromatic heterocycles. The van der Waals surface area contributed by atoms with Gasteiger partial charge in [0.2, 0.25) is 5.91 Å². The number of hydrogen-bond acceptors (Lipinski definition) is 2. The minimum absolute atomic E-state index is 0.0584. The summed E-state index contributed by atoms with van der Waals surface area (Å²) in [5.74, 6) is 0.129. The van der Waals surface area contributed by atoms with E-state index in [0.717, 1.165) is 12.8 Å². The van der Waals surface area contributed by atoms with Crippen LogP contribution in [0.4, 0.5) is 0 Å². The molecule has 0 spiro atoms. The zero-order chi connectivity index (χ0) is 16.2. The summed E-state index contributed by atoms with van der Waals surface area (Å²) in [5, 5.41) is 0. The molecular formula is C19H22N2O2. The fourth-order valence-electron chi connectivity index (χ4n) is 2.82. The molecule has 3 rings (SSSR count). The van der Waals surface area contributed by atoms with Crippen molar-refractivity contribution in [3.8, 4) is 0 Å². The Kier molecular flexibility index (Phi) is 4.60. The Morgan fingerprint density at radius 2 is 2.04 bits per heavy atom. The lowest BCUT2D eigenvalue weighted by atomic mass is 10.1. The van der Waals surface area contributed by atoms with E-state index in [0.29, 0.717) is 25.6 Å². The van der Waals surface area contributed by atoms with E-state index in [2.05, 4.69) is 25.1 Å². The van der Waals surface area contributed by atoms with Gasteiger partial charge in [-0.2, -0.15) is 0 Å². The summed E-state index contributed by atoms with van der Waals surface area (Å²) in [6, 6.07) is 13.7. The fraction of sp³-hybridized carbons (Fsp3) is 0.368. The second kappa shape index (κ2) is 6.82. The number of carbonyl (C=O) groups is 1. The molecule has 23 heavy (non-hydrogen) atoms. The molecule has 1 heterocycles. The number of rotatable bonds is 6. The van der Waals surface area contributed by atoms with Gasteiger partial charge < -0.3 is 9.47 Å². The predicted octanol–water partition coefficient (Wildman–Crippen LogP) is 2.74. The van der Waals surface area contributed by atoms with E-state index >= 15 is 0 Å². The van der Waals surface area contributed by atoms with E-state index < -0.39 is 0 Å². The Morgan fingerprint density at radius 1 is 1.22 bits per heavy atom. The molecule has 0 atom stereocenters. The molecule has 0 saturated heterocycles. The molecular weight excluding hydrogens is 288 g/mol. The van der Waals surface area contributed by atoms with Gasteiger partial charge in [0.15, 0.2) is 0 Å². The van der Waals surface area contributed by atoms with Crippen molar-refractivity contribution in [1.82, 2.24) is 9.47 Å². The van der Waals surface area contributed by atoms with E-state index in [4.69, 9.17) is 0 Å². The molecule has 1 fully saturated rings. The Morgan fingerprint density at radius 3 is 2.74 bits per heavy atom. The number of carbonyl (C=O) groups excluding carboxylic acids is 1. The predicted molar refractivity (Wildman–Crippen MR) is 90.1 cm³/mol. The van der Waals surface area contributed by atoms with E-state index in [1.54, 1.807) is 16.8 Å². The third-order valence-electron chi connectivity index (χ3n) is 4.21. The van der Waals surface area contributed by atoms with Crippen LogP contribution in [0.5, 0.6) is 0 Å². The third kappa shape index (κ3) is 4.09. The summed E-state index contributed by atoms with van der Waals surface area (Å²) >= 11 is 0. The van der Waals surface area contributed by atoms with Gasteiger partial charge in [0, 0.05) is 37.8 Å². The van der Waals surface area contributed by atoms with Crippen LogP contribution in [0, 0.1) is 6.92 Å². The first-order valence-corrected chi connectivity index (χ1v) is 8.14. The normalized spacial score (nSPS) is 13.8. The molecule has 1 saturated carbocycles. The molecule has 4 heteroatoms. The number of benzene rings is 1. The summed E-state index contributed by atoms with van der Waals surface area (Å²) in [5.41, 5.74) is 2.32. The average molecular weight is 310 g/mol. The molecule has 1 aliphatic carbocycles. The maximum atomic E-state index is 12.6. The van der Waals surface area contributed by atoms with Crippen molar-refractivity contribution in [1.29, 1.82) is 0 Å². The van der Waals surface area contributed by atoms with Gasteiger partial charge in [-0.1, -0.05) is 35.9 Å². The van der Waals surface area contributed by atoms with Crippen molar-refractivity contribution in [3.05, 3.63) is 70.1 Å². The van der Waals surface area contributed by atoms with Gasteiger partial charge in [0.05, 0.1) is 0 Å². The smallest absolute Gasteiger partial charge is 0.250 e. The van der Waals surface area contributed by atoms with Crippen LogP contribution in [0.15, 0.2) is 53.5 Å². The highest BCUT2D eigenvalue weighted by Gasteiger charge is 2.32. The Hall–Kier alpha value is -2.36. The van der Waals surface area contributed by atoms with E-state index in [9.17, 15) is 9.59 Å². The van der Waals surface area contributed by atoms with Gasteiger partial charge in [-0.25, -0.2) is 0 Å². The van der Waals surface area contributed by atoms with Gasteiger partial charge in [-0.05, 0) is 31.4 Å². The molecule has 0 N–H and O–H groups in total. The van der Waals surface area contributed by atoms with Crippen LogP contribution in [0.1, 0.15) is 30.4 Å². The van der Waals surface area contributed by atoms with Crippen molar-refractivity contribution >= 4 is 5.91 Å². The monoisotopic (exact) mass is 310 g/mol. The van der Waals surface area contributed by atoms with Gasteiger partial charge in [-0.15, -0.1) is 0 Å². The van der Waals surface area contributed by atoms with Crippen LogP contribution in [0.25, 0.3) is 0 Å². The van der Waals surface area contributed by atoms with Crippen LogP contribution in [0.3, 0.4) is 0 Å². The first-order valence-electron chi connectivity index (χ1n) is 8.14. The maximum Gasteiger partial charge on any atom is 0.250 e. The summed E-state index contributed by atoms with van der Waals surface area (Å²) in [4.78, 5) is 26.3. The number of hydrogen-bond donors (Lipinski definition) is 0. The quantitative estimate of drug-likeness (QED) is 0.823. The minimum Gasteiger partial charge on any atom is -0.335 e. The lowest BCUT2D eigenvalue weighted by Gasteiger charge is -2.23. The van der Waals surface area contributed by atoms with Crippen LogP contribution < -0.4 is 5.56 Å². The zero-order valence-electron chi connectivity index (χ0n) is 13.4. The van der Waals surface area contributed by atoms with Crippen molar-refractivity contribution in [3.63, 3.8) is 0 Å². The fourth-order valence-corrected chi connectivity index (χ4v) is 2.82. The highest BCUT2D eigenvalue weighted by molar-refractivity contribution is 5.76. The van der Waals surface area contributed by atoms with Gasteiger partial charge in [0.1, 0.15) is 0 Å². The Labute approximate surface area is 136 Å². The summed E-state index contributed by atoms with van der Waals surface area (Å²) in [6.07, 6.45) is 4.27. The first-order chi connectivity index (χ1) is 11.1. The highest BCUT2D eigenvalue weighted by atomic mass is 16.2. The molecule has 0 aliphatic heterocycles. The van der Waals surface area contributed by atoms with Gasteiger partial charge in [-0.3, -0.25) is 9.59 Å². The third-order valence-corrected chi connectivity index (χ3v) is 4.21. The number of pyridine rings is 1. The lowest BCUT2D eigenvalue weighted by molar-refractivity contribution is -0.132. The number of aromatic nitrogens is 1. The molecule has 0 unspecified atom stereocenters. The standard InChI is InChI=1S/C19H22N2O2/c1-15-5-4-6-16(13-15)14-21(17-8-9-17)19(23)10-12-20-11-3-2-7-18(20)22/h2-7,11,13,17H,8-10,12,14H2,1H3. The topological polar surface area (TPSA) is 42.3 Å². The average Bonchev–Trinajstić information content (AvgIpc) is 3.36. The number of aryl methyl sites for hydroxylation is 2. The number of amides is 1. The van der Waals surface area contributed by atoms with Gasteiger partial charge in [0.25, 0.3) is 5.56 Å². The van der Waals surface area contributed by atoms with Crippen LogP contribution in [-0.4, -0.2) is 21.4 Å². The largest absolute Gasteiger partial charge is 0.335 e. The van der Waals surface area contributed by atoms with Crippen LogP contribution in [0.2, 0.25) is 0 Å². The Balaban J connectivity index is 1.65. The van der Waals surface area contributed by atoms with Crippen molar-refractivity contribution in [2.45, 2.75) is 45.3 Å². The van der Waals surface area contributed by atoms with Crippen LogP contribution in [-0.2, 0) is 17.9 Å². The second-order valence-electron chi connectivity index (χ2n) is 6.22. The number of nitrogens with zero attached hydrogens (tertiary/aromatic N) is 2. The zero-order valence-corrected chi connectivity index (χ0v) is 13.4. The Bertz CT molecular complexity index is 747. The molecule has 0 radical (unpaired) electrons. The van der Waals surface area contributed by atoms with Crippen molar-refractivity contribution < 1.29 is 4.79 Å². The maximum absolute atomic E-state index is 12.6. The molecule has 1 aliphatic rings. The summed E-state index contributed by atoms with van der Waals surface area (Å²) in [6.45, 7) is 3.17. The SMILES string of the molecule is Cc1cccc(CN(C(=O)CCn2ccccc2=O)C2CC2)c1. The molecule has 0 bridgehead atoms. The summed E-state index contributed by atoms with van der Waals surface area (Å²) < 4.78 is 1.59. The minimum atomic E-state index is -0.0584.